The third-order valence-corrected chi connectivity index (χ3v) is 3.20. The molecular weight excluding hydrogens is 316 g/mol. The molecule has 0 saturated heterocycles. The summed E-state index contributed by atoms with van der Waals surface area (Å²) in [7, 11) is 2.46. The van der Waals surface area contributed by atoms with Gasteiger partial charge >= 0.3 is 17.9 Å². The predicted molar refractivity (Wildman–Crippen MR) is 83.8 cm³/mol. The molecule has 24 heavy (non-hydrogen) atoms. The van der Waals surface area contributed by atoms with Crippen LogP contribution in [0.15, 0.2) is 30.3 Å². The Balaban J connectivity index is 2.76. The largest absolute Gasteiger partial charge is 0.469 e. The maximum Gasteiger partial charge on any atom is 0.347 e. The van der Waals surface area contributed by atoms with Gasteiger partial charge in [-0.1, -0.05) is 30.3 Å². The van der Waals surface area contributed by atoms with Gasteiger partial charge in [0.1, 0.15) is 0 Å². The van der Waals surface area contributed by atoms with Crippen molar-refractivity contribution in [2.45, 2.75) is 38.6 Å². The van der Waals surface area contributed by atoms with Crippen LogP contribution in [0.2, 0.25) is 0 Å². The van der Waals surface area contributed by atoms with E-state index in [1.807, 2.05) is 30.3 Å². The second-order valence-corrected chi connectivity index (χ2v) is 5.06. The minimum absolute atomic E-state index is 0.00577. The Labute approximate surface area is 140 Å². The van der Waals surface area contributed by atoms with Crippen LogP contribution in [-0.2, 0) is 39.9 Å². The molecule has 0 saturated carbocycles. The monoisotopic (exact) mass is 338 g/mol. The molecule has 1 aromatic carbocycles. The first kappa shape index (κ1) is 19.6. The fourth-order valence-corrected chi connectivity index (χ4v) is 2.03. The van der Waals surface area contributed by atoms with Gasteiger partial charge in [-0.3, -0.25) is 9.59 Å². The lowest BCUT2D eigenvalue weighted by atomic mass is 10.1. The third kappa shape index (κ3) is 7.23. The standard InChI is InChI=1S/C17H22O7/c1-12(18)24-15(17(20)22-3)9-14(10-16(19)21-2)23-11-13-7-5-4-6-8-13/h4-8,14-15H,9-11H2,1-3H3/t14-,15-/m1/s1. The molecule has 0 fully saturated rings. The van der Waals surface area contributed by atoms with Gasteiger partial charge in [0.15, 0.2) is 0 Å². The number of carbonyl (C=O) groups is 3. The normalized spacial score (nSPS) is 12.8. The maximum absolute atomic E-state index is 11.7. The highest BCUT2D eigenvalue weighted by molar-refractivity contribution is 5.78. The van der Waals surface area contributed by atoms with Crippen molar-refractivity contribution in [2.24, 2.45) is 0 Å². The zero-order chi connectivity index (χ0) is 17.9. The van der Waals surface area contributed by atoms with E-state index in [1.165, 1.54) is 21.1 Å². The van der Waals surface area contributed by atoms with E-state index in [0.29, 0.717) is 0 Å². The van der Waals surface area contributed by atoms with Crippen LogP contribution in [0.4, 0.5) is 0 Å². The number of ether oxygens (including phenoxy) is 4. The lowest BCUT2D eigenvalue weighted by molar-refractivity contribution is -0.168. The fourth-order valence-electron chi connectivity index (χ4n) is 2.03. The van der Waals surface area contributed by atoms with Gasteiger partial charge in [-0.05, 0) is 5.56 Å². The molecule has 0 bridgehead atoms. The molecule has 0 aliphatic carbocycles. The van der Waals surface area contributed by atoms with Gasteiger partial charge in [0.05, 0.1) is 33.4 Å². The average Bonchev–Trinajstić information content (AvgIpc) is 2.58. The van der Waals surface area contributed by atoms with Crippen LogP contribution in [-0.4, -0.2) is 44.3 Å². The molecule has 1 aromatic rings. The summed E-state index contributed by atoms with van der Waals surface area (Å²) in [5.41, 5.74) is 0.912. The van der Waals surface area contributed by atoms with Crippen LogP contribution >= 0.6 is 0 Å². The summed E-state index contributed by atoms with van der Waals surface area (Å²) in [5, 5.41) is 0. The molecular formula is C17H22O7. The Kier molecular flexibility index (Phi) is 8.49. The summed E-state index contributed by atoms with van der Waals surface area (Å²) in [6.45, 7) is 1.44. The van der Waals surface area contributed by atoms with E-state index in [4.69, 9.17) is 9.47 Å². The van der Waals surface area contributed by atoms with E-state index < -0.39 is 30.1 Å². The van der Waals surface area contributed by atoms with Gasteiger partial charge in [-0.15, -0.1) is 0 Å². The number of rotatable bonds is 9. The number of hydrogen-bond acceptors (Lipinski definition) is 7. The summed E-state index contributed by atoms with van der Waals surface area (Å²) in [4.78, 5) is 34.4. The fraction of sp³-hybridized carbons (Fsp3) is 0.471. The van der Waals surface area contributed by atoms with Gasteiger partial charge in [0.25, 0.3) is 0 Å². The topological polar surface area (TPSA) is 88.1 Å². The van der Waals surface area contributed by atoms with Crippen molar-refractivity contribution in [3.63, 3.8) is 0 Å². The third-order valence-electron chi connectivity index (χ3n) is 3.20. The van der Waals surface area contributed by atoms with Crippen molar-refractivity contribution < 1.29 is 33.3 Å². The summed E-state index contributed by atoms with van der Waals surface area (Å²) in [6, 6.07) is 9.36. The van der Waals surface area contributed by atoms with Gasteiger partial charge in [-0.2, -0.15) is 0 Å². The summed E-state index contributed by atoms with van der Waals surface area (Å²) < 4.78 is 19.9. The Hall–Kier alpha value is -2.41. The molecule has 0 amide bonds. The molecule has 132 valence electrons. The molecule has 0 aliphatic heterocycles. The summed E-state index contributed by atoms with van der Waals surface area (Å²) in [5.74, 6) is -1.81. The van der Waals surface area contributed by atoms with E-state index in [-0.39, 0.29) is 19.4 Å². The van der Waals surface area contributed by atoms with E-state index in [9.17, 15) is 14.4 Å². The molecule has 7 heteroatoms. The van der Waals surface area contributed by atoms with Gasteiger partial charge in [0.2, 0.25) is 6.10 Å². The maximum atomic E-state index is 11.7. The molecule has 0 radical (unpaired) electrons. The first-order valence-electron chi connectivity index (χ1n) is 7.43. The Morgan fingerprint density at radius 2 is 1.71 bits per heavy atom. The molecule has 0 heterocycles. The van der Waals surface area contributed by atoms with Crippen molar-refractivity contribution in [3.8, 4) is 0 Å². The molecule has 0 aromatic heterocycles. The first-order chi connectivity index (χ1) is 11.5. The highest BCUT2D eigenvalue weighted by Crippen LogP contribution is 2.15. The minimum Gasteiger partial charge on any atom is -0.469 e. The van der Waals surface area contributed by atoms with E-state index in [2.05, 4.69) is 9.47 Å². The molecule has 0 N–H and O–H groups in total. The molecule has 7 nitrogen and oxygen atoms in total. The van der Waals surface area contributed by atoms with Crippen LogP contribution in [0.1, 0.15) is 25.3 Å². The van der Waals surface area contributed by atoms with E-state index in [0.717, 1.165) is 5.56 Å². The highest BCUT2D eigenvalue weighted by atomic mass is 16.6. The second kappa shape index (κ2) is 10.4. The molecule has 0 spiro atoms. The number of benzene rings is 1. The van der Waals surface area contributed by atoms with Crippen molar-refractivity contribution in [1.82, 2.24) is 0 Å². The quantitative estimate of drug-likeness (QED) is 0.499. The van der Waals surface area contributed by atoms with Crippen molar-refractivity contribution >= 4 is 17.9 Å². The zero-order valence-electron chi connectivity index (χ0n) is 14.0. The first-order valence-corrected chi connectivity index (χ1v) is 7.43. The van der Waals surface area contributed by atoms with Crippen molar-refractivity contribution in [3.05, 3.63) is 35.9 Å². The lowest BCUT2D eigenvalue weighted by Gasteiger charge is -2.21. The SMILES string of the molecule is COC(=O)C[C@@H](C[C@@H](OC(C)=O)C(=O)OC)OCc1ccccc1. The van der Waals surface area contributed by atoms with E-state index >= 15 is 0 Å². The van der Waals surface area contributed by atoms with Crippen LogP contribution < -0.4 is 0 Å². The number of hydrogen-bond donors (Lipinski definition) is 0. The molecule has 2 atom stereocenters. The van der Waals surface area contributed by atoms with Crippen molar-refractivity contribution in [1.29, 1.82) is 0 Å². The Morgan fingerprint density at radius 3 is 2.25 bits per heavy atom. The molecule has 0 unspecified atom stereocenters. The average molecular weight is 338 g/mol. The highest BCUT2D eigenvalue weighted by Gasteiger charge is 2.28. The van der Waals surface area contributed by atoms with Crippen molar-refractivity contribution in [2.75, 3.05) is 14.2 Å². The van der Waals surface area contributed by atoms with Crippen LogP contribution in [0, 0.1) is 0 Å². The van der Waals surface area contributed by atoms with Crippen LogP contribution in [0.3, 0.4) is 0 Å². The van der Waals surface area contributed by atoms with Gasteiger partial charge < -0.3 is 18.9 Å². The van der Waals surface area contributed by atoms with Gasteiger partial charge in [0, 0.05) is 13.3 Å². The predicted octanol–water partition coefficient (Wildman–Crippen LogP) is 1.63. The Bertz CT molecular complexity index is 541. The van der Waals surface area contributed by atoms with Crippen LogP contribution in [0.5, 0.6) is 0 Å². The van der Waals surface area contributed by atoms with E-state index in [1.54, 1.807) is 0 Å². The molecule has 0 aliphatic rings. The summed E-state index contributed by atoms with van der Waals surface area (Å²) >= 11 is 0. The van der Waals surface area contributed by atoms with Crippen LogP contribution in [0.25, 0.3) is 0 Å². The molecule has 1 rings (SSSR count). The lowest BCUT2D eigenvalue weighted by Crippen LogP contribution is -2.33. The zero-order valence-corrected chi connectivity index (χ0v) is 14.0. The summed E-state index contributed by atoms with van der Waals surface area (Å²) in [6.07, 6.45) is -1.88. The minimum atomic E-state index is -1.14. The number of methoxy groups -OCH3 is 2. The smallest absolute Gasteiger partial charge is 0.347 e. The second-order valence-electron chi connectivity index (χ2n) is 5.06. The number of esters is 3. The van der Waals surface area contributed by atoms with Gasteiger partial charge in [-0.25, -0.2) is 4.79 Å². The Morgan fingerprint density at radius 1 is 1.04 bits per heavy atom. The number of carbonyl (C=O) groups excluding carboxylic acids is 3.